The third-order valence-electron chi connectivity index (χ3n) is 2.20. The minimum atomic E-state index is 0.625. The molecular formula is C11H14BrN3. The topological polar surface area (TPSA) is 53.0 Å². The van der Waals surface area contributed by atoms with Gasteiger partial charge in [-0.2, -0.15) is 5.26 Å². The Morgan fingerprint density at radius 3 is 2.73 bits per heavy atom. The van der Waals surface area contributed by atoms with Crippen LogP contribution in [0.3, 0.4) is 0 Å². The van der Waals surface area contributed by atoms with Gasteiger partial charge in [0.2, 0.25) is 0 Å². The quantitative estimate of drug-likeness (QED) is 0.909. The monoisotopic (exact) mass is 267 g/mol. The second-order valence-electron chi connectivity index (χ2n) is 3.15. The van der Waals surface area contributed by atoms with Crippen LogP contribution in [0.5, 0.6) is 0 Å². The van der Waals surface area contributed by atoms with Crippen molar-refractivity contribution in [2.75, 3.05) is 24.5 Å². The molecule has 0 aliphatic rings. The first-order valence-corrected chi connectivity index (χ1v) is 5.67. The van der Waals surface area contributed by atoms with Crippen molar-refractivity contribution < 1.29 is 0 Å². The van der Waals surface area contributed by atoms with Crippen molar-refractivity contribution in [2.45, 2.75) is 6.92 Å². The Labute approximate surface area is 98.6 Å². The molecule has 0 aromatic heterocycles. The molecule has 0 aliphatic carbocycles. The Kier molecular flexibility index (Phi) is 4.60. The molecule has 0 radical (unpaired) electrons. The lowest BCUT2D eigenvalue weighted by Gasteiger charge is -2.23. The Morgan fingerprint density at radius 2 is 2.27 bits per heavy atom. The largest absolute Gasteiger partial charge is 0.370 e. The minimum Gasteiger partial charge on any atom is -0.370 e. The van der Waals surface area contributed by atoms with Crippen molar-refractivity contribution in [3.05, 3.63) is 28.2 Å². The Bertz CT molecular complexity index is 371. The molecule has 1 aromatic carbocycles. The fraction of sp³-hybridized carbons (Fsp3) is 0.364. The molecular weight excluding hydrogens is 254 g/mol. The fourth-order valence-corrected chi connectivity index (χ4v) is 2.07. The van der Waals surface area contributed by atoms with Gasteiger partial charge in [-0.25, -0.2) is 0 Å². The molecule has 15 heavy (non-hydrogen) atoms. The van der Waals surface area contributed by atoms with Crippen molar-refractivity contribution in [3.63, 3.8) is 0 Å². The zero-order chi connectivity index (χ0) is 11.3. The van der Waals surface area contributed by atoms with Gasteiger partial charge < -0.3 is 10.6 Å². The van der Waals surface area contributed by atoms with E-state index in [4.69, 9.17) is 11.0 Å². The molecule has 0 heterocycles. The summed E-state index contributed by atoms with van der Waals surface area (Å²) in [5.74, 6) is 0. The van der Waals surface area contributed by atoms with Crippen molar-refractivity contribution in [1.29, 1.82) is 5.26 Å². The highest BCUT2D eigenvalue weighted by atomic mass is 79.9. The number of nitrogens with two attached hydrogens (primary N) is 1. The molecule has 0 aliphatic heterocycles. The minimum absolute atomic E-state index is 0.625. The van der Waals surface area contributed by atoms with Crippen LogP contribution < -0.4 is 10.6 Å². The molecule has 1 rings (SSSR count). The van der Waals surface area contributed by atoms with E-state index >= 15 is 0 Å². The van der Waals surface area contributed by atoms with Gasteiger partial charge in [0.25, 0.3) is 0 Å². The molecule has 0 spiro atoms. The van der Waals surface area contributed by atoms with Gasteiger partial charge in [-0.1, -0.05) is 0 Å². The van der Waals surface area contributed by atoms with Crippen LogP contribution in [-0.2, 0) is 0 Å². The van der Waals surface area contributed by atoms with Crippen molar-refractivity contribution in [1.82, 2.24) is 0 Å². The highest BCUT2D eigenvalue weighted by Gasteiger charge is 2.07. The lowest BCUT2D eigenvalue weighted by Crippen LogP contribution is -2.29. The molecule has 0 saturated carbocycles. The first-order valence-electron chi connectivity index (χ1n) is 4.87. The second kappa shape index (κ2) is 5.74. The van der Waals surface area contributed by atoms with Gasteiger partial charge in [0.05, 0.1) is 17.3 Å². The maximum absolute atomic E-state index is 8.75. The van der Waals surface area contributed by atoms with Crippen LogP contribution in [0.1, 0.15) is 12.5 Å². The molecule has 80 valence electrons. The average Bonchev–Trinajstić information content (AvgIpc) is 2.26. The van der Waals surface area contributed by atoms with E-state index in [0.717, 1.165) is 23.2 Å². The number of rotatable bonds is 4. The van der Waals surface area contributed by atoms with Gasteiger partial charge in [0.15, 0.2) is 0 Å². The van der Waals surface area contributed by atoms with E-state index in [1.807, 2.05) is 18.2 Å². The zero-order valence-corrected chi connectivity index (χ0v) is 10.3. The third kappa shape index (κ3) is 2.95. The van der Waals surface area contributed by atoms with E-state index in [-0.39, 0.29) is 0 Å². The van der Waals surface area contributed by atoms with E-state index < -0.39 is 0 Å². The summed E-state index contributed by atoms with van der Waals surface area (Å²) in [4.78, 5) is 2.17. The zero-order valence-electron chi connectivity index (χ0n) is 8.70. The number of benzene rings is 1. The van der Waals surface area contributed by atoms with Crippen molar-refractivity contribution >= 4 is 21.6 Å². The molecule has 0 atom stereocenters. The van der Waals surface area contributed by atoms with Gasteiger partial charge >= 0.3 is 0 Å². The van der Waals surface area contributed by atoms with Crippen LogP contribution in [0, 0.1) is 11.3 Å². The maximum Gasteiger partial charge on any atom is 0.0992 e. The van der Waals surface area contributed by atoms with Crippen LogP contribution in [0.2, 0.25) is 0 Å². The number of nitrogens with zero attached hydrogens (tertiary/aromatic N) is 2. The van der Waals surface area contributed by atoms with Crippen LogP contribution in [0.15, 0.2) is 22.7 Å². The smallest absolute Gasteiger partial charge is 0.0992 e. The summed E-state index contributed by atoms with van der Waals surface area (Å²) in [6, 6.07) is 7.70. The molecule has 1 aromatic rings. The van der Waals surface area contributed by atoms with Crippen LogP contribution in [-0.4, -0.2) is 19.6 Å². The number of anilines is 1. The Morgan fingerprint density at radius 1 is 1.53 bits per heavy atom. The molecule has 0 amide bonds. The lowest BCUT2D eigenvalue weighted by molar-refractivity contribution is 0.815. The highest BCUT2D eigenvalue weighted by molar-refractivity contribution is 9.10. The van der Waals surface area contributed by atoms with Crippen LogP contribution >= 0.6 is 15.9 Å². The summed E-state index contributed by atoms with van der Waals surface area (Å²) < 4.78 is 0.942. The van der Waals surface area contributed by atoms with Crippen LogP contribution in [0.25, 0.3) is 0 Å². The normalized spacial score (nSPS) is 9.73. The van der Waals surface area contributed by atoms with E-state index in [0.29, 0.717) is 12.1 Å². The van der Waals surface area contributed by atoms with Gasteiger partial charge in [-0.3, -0.25) is 0 Å². The first-order chi connectivity index (χ1) is 7.22. The predicted molar refractivity (Wildman–Crippen MR) is 65.8 cm³/mol. The summed E-state index contributed by atoms with van der Waals surface area (Å²) in [6.07, 6.45) is 0. The SMILES string of the molecule is CCN(CCN)c1ccc(C#N)cc1Br. The predicted octanol–water partition coefficient (Wildman–Crippen LogP) is 2.11. The lowest BCUT2D eigenvalue weighted by atomic mass is 10.2. The van der Waals surface area contributed by atoms with E-state index in [2.05, 4.69) is 33.8 Å². The molecule has 3 nitrogen and oxygen atoms in total. The second-order valence-corrected chi connectivity index (χ2v) is 4.00. The molecule has 0 fully saturated rings. The summed E-state index contributed by atoms with van der Waals surface area (Å²) in [6.45, 7) is 4.43. The molecule has 0 saturated heterocycles. The van der Waals surface area contributed by atoms with E-state index in [9.17, 15) is 0 Å². The van der Waals surface area contributed by atoms with Gasteiger partial charge in [0.1, 0.15) is 0 Å². The summed E-state index contributed by atoms with van der Waals surface area (Å²) in [5, 5.41) is 8.75. The van der Waals surface area contributed by atoms with Crippen LogP contribution in [0.4, 0.5) is 5.69 Å². The van der Waals surface area contributed by atoms with Gasteiger partial charge in [-0.15, -0.1) is 0 Å². The summed E-state index contributed by atoms with van der Waals surface area (Å²) in [5.41, 5.74) is 7.29. The third-order valence-corrected chi connectivity index (χ3v) is 2.83. The Balaban J connectivity index is 2.98. The number of hydrogen-bond acceptors (Lipinski definition) is 3. The highest BCUT2D eigenvalue weighted by Crippen LogP contribution is 2.26. The average molecular weight is 268 g/mol. The number of nitriles is 1. The maximum atomic E-state index is 8.75. The molecule has 0 unspecified atom stereocenters. The summed E-state index contributed by atoms with van der Waals surface area (Å²) in [7, 11) is 0. The van der Waals surface area contributed by atoms with Gasteiger partial charge in [-0.05, 0) is 41.1 Å². The number of halogens is 1. The number of likely N-dealkylation sites (N-methyl/N-ethyl adjacent to an activating group) is 1. The van der Waals surface area contributed by atoms with Gasteiger partial charge in [0, 0.05) is 24.1 Å². The van der Waals surface area contributed by atoms with Crippen molar-refractivity contribution in [2.24, 2.45) is 5.73 Å². The standard InChI is InChI=1S/C11H14BrN3/c1-2-15(6-5-13)11-4-3-9(8-14)7-10(11)12/h3-4,7H,2,5-6,13H2,1H3. The van der Waals surface area contributed by atoms with Crippen molar-refractivity contribution in [3.8, 4) is 6.07 Å². The molecule has 2 N–H and O–H groups in total. The fourth-order valence-electron chi connectivity index (χ4n) is 1.44. The molecule has 0 bridgehead atoms. The first kappa shape index (κ1) is 12.0. The molecule has 4 heteroatoms. The Hall–Kier alpha value is -1.05. The summed E-state index contributed by atoms with van der Waals surface area (Å²) >= 11 is 3.47. The van der Waals surface area contributed by atoms with E-state index in [1.54, 1.807) is 0 Å². The van der Waals surface area contributed by atoms with E-state index in [1.165, 1.54) is 0 Å². The number of hydrogen-bond donors (Lipinski definition) is 1.